The van der Waals surface area contributed by atoms with Gasteiger partial charge in [-0.05, 0) is 12.1 Å². The lowest BCUT2D eigenvalue weighted by molar-refractivity contribution is -0.109. The van der Waals surface area contributed by atoms with E-state index in [0.29, 0.717) is 6.41 Å². The van der Waals surface area contributed by atoms with Crippen LogP contribution in [-0.4, -0.2) is 21.9 Å². The molecule has 1 amide bonds. The van der Waals surface area contributed by atoms with E-state index in [-0.39, 0.29) is 5.48 Å². The van der Waals surface area contributed by atoms with Crippen molar-refractivity contribution < 1.29 is 10.3 Å². The van der Waals surface area contributed by atoms with Crippen LogP contribution in [0.3, 0.4) is 0 Å². The second-order valence-electron chi connectivity index (χ2n) is 2.33. The molecule has 6 nitrogen and oxygen atoms in total. The third-order valence-corrected chi connectivity index (χ3v) is 1.44. The predicted octanol–water partition coefficient (Wildman–Crippen LogP) is -0.589. The number of benzene rings is 1. The number of fused-ring (bicyclic) bond motifs is 1. The van der Waals surface area contributed by atoms with Gasteiger partial charge in [0.25, 0.3) is 0 Å². The van der Waals surface area contributed by atoms with E-state index in [4.69, 9.17) is 4.79 Å². The monoisotopic (exact) mass is 208 g/mol. The number of amides is 1. The molecule has 0 aliphatic rings. The summed E-state index contributed by atoms with van der Waals surface area (Å²) in [6.07, 6.45) is 3.80. The van der Waals surface area contributed by atoms with Crippen LogP contribution >= 0.6 is 0 Å². The highest BCUT2D eigenvalue weighted by molar-refractivity contribution is 5.72. The molecular formula is C9H12N4O2. The summed E-state index contributed by atoms with van der Waals surface area (Å²) in [6.45, 7) is 0. The van der Waals surface area contributed by atoms with Crippen LogP contribution in [0.2, 0.25) is 0 Å². The van der Waals surface area contributed by atoms with E-state index in [1.807, 2.05) is 24.3 Å². The van der Waals surface area contributed by atoms with E-state index in [1.54, 1.807) is 17.8 Å². The highest BCUT2D eigenvalue weighted by Gasteiger charge is 1.88. The topological polar surface area (TPSA) is 112 Å². The van der Waals surface area contributed by atoms with Gasteiger partial charge >= 0.3 is 0 Å². The highest BCUT2D eigenvalue weighted by Crippen LogP contribution is 2.04. The molecule has 5 N–H and O–H groups in total. The van der Waals surface area contributed by atoms with Crippen LogP contribution in [0.5, 0.6) is 0 Å². The molecule has 0 unspecified atom stereocenters. The summed E-state index contributed by atoms with van der Waals surface area (Å²) in [5.74, 6) is 4.41. The number of carbonyl (C=O) groups excluding carboxylic acids is 1. The minimum atomic E-state index is 0. The Morgan fingerprint density at radius 1 is 1.13 bits per heavy atom. The lowest BCUT2D eigenvalue weighted by Crippen LogP contribution is -2.18. The average Bonchev–Trinajstić information content (AvgIpc) is 2.30. The molecule has 2 rings (SSSR count). The molecule has 0 atom stereocenters. The number of carbonyl (C=O) groups is 1. The molecular weight excluding hydrogens is 196 g/mol. The Morgan fingerprint density at radius 3 is 1.87 bits per heavy atom. The summed E-state index contributed by atoms with van der Waals surface area (Å²) in [5.41, 5.74) is 3.65. The molecule has 0 radical (unpaired) electrons. The van der Waals surface area contributed by atoms with Gasteiger partial charge in [-0.3, -0.25) is 20.2 Å². The summed E-state index contributed by atoms with van der Waals surface area (Å²) in [4.78, 5) is 17.2. The van der Waals surface area contributed by atoms with E-state index < -0.39 is 0 Å². The number of nitrogens with one attached hydrogen (secondary N) is 1. The summed E-state index contributed by atoms with van der Waals surface area (Å²) < 4.78 is 0. The summed E-state index contributed by atoms with van der Waals surface area (Å²) in [6, 6.07) is 7.80. The minimum absolute atomic E-state index is 0. The standard InChI is InChI=1S/C8H6N2.CH4N2O.H2O/c1-2-4-8-7(3-1)9-5-6-10-8;2-3-1-4;/h1-6H;1H,2H2,(H,3,4);1H2. The molecule has 2 aromatic rings. The summed E-state index contributed by atoms with van der Waals surface area (Å²) >= 11 is 0. The van der Waals surface area contributed by atoms with Crippen molar-refractivity contribution in [1.29, 1.82) is 0 Å². The first-order chi connectivity index (χ1) is 6.88. The summed E-state index contributed by atoms with van der Waals surface area (Å²) in [5, 5.41) is 0. The van der Waals surface area contributed by atoms with Crippen LogP contribution in [0.25, 0.3) is 11.0 Å². The zero-order chi connectivity index (χ0) is 10.2. The molecule has 80 valence electrons. The lowest BCUT2D eigenvalue weighted by Gasteiger charge is -1.90. The van der Waals surface area contributed by atoms with Crippen molar-refractivity contribution in [3.63, 3.8) is 0 Å². The number of nitrogens with zero attached hydrogens (tertiary/aromatic N) is 2. The Morgan fingerprint density at radius 2 is 1.53 bits per heavy atom. The molecule has 0 saturated carbocycles. The lowest BCUT2D eigenvalue weighted by atomic mass is 10.3. The van der Waals surface area contributed by atoms with Crippen molar-refractivity contribution in [2.45, 2.75) is 0 Å². The third kappa shape index (κ3) is 4.12. The maximum atomic E-state index is 8.94. The van der Waals surface area contributed by atoms with Gasteiger partial charge in [0.1, 0.15) is 0 Å². The van der Waals surface area contributed by atoms with E-state index >= 15 is 0 Å². The van der Waals surface area contributed by atoms with Gasteiger partial charge in [-0.15, -0.1) is 0 Å². The second-order valence-corrected chi connectivity index (χ2v) is 2.33. The zero-order valence-electron chi connectivity index (χ0n) is 7.92. The van der Waals surface area contributed by atoms with Crippen molar-refractivity contribution in [2.24, 2.45) is 5.84 Å². The van der Waals surface area contributed by atoms with Gasteiger partial charge in [-0.2, -0.15) is 0 Å². The fraction of sp³-hybridized carbons (Fsp3) is 0. The highest BCUT2D eigenvalue weighted by atomic mass is 16.1. The van der Waals surface area contributed by atoms with Crippen LogP contribution in [0, 0.1) is 0 Å². The normalized spacial score (nSPS) is 8.07. The number of hydrogen-bond donors (Lipinski definition) is 2. The molecule has 0 aliphatic carbocycles. The van der Waals surface area contributed by atoms with Gasteiger partial charge in [0.15, 0.2) is 0 Å². The number of hydrazine groups is 1. The number of nitrogens with two attached hydrogens (primary N) is 1. The number of hydrogen-bond acceptors (Lipinski definition) is 4. The van der Waals surface area contributed by atoms with Crippen molar-refractivity contribution >= 4 is 17.4 Å². The SMILES string of the molecule is NNC=O.O.c1ccc2nccnc2c1. The quantitative estimate of drug-likeness (QED) is 0.282. The molecule has 0 aliphatic heterocycles. The Bertz CT molecular complexity index is 342. The van der Waals surface area contributed by atoms with Crippen LogP contribution in [0.1, 0.15) is 0 Å². The maximum absolute atomic E-state index is 8.94. The maximum Gasteiger partial charge on any atom is 0.221 e. The molecule has 0 saturated heterocycles. The number of aromatic nitrogens is 2. The molecule has 1 aromatic heterocycles. The third-order valence-electron chi connectivity index (χ3n) is 1.44. The molecule has 0 bridgehead atoms. The largest absolute Gasteiger partial charge is 0.412 e. The van der Waals surface area contributed by atoms with Crippen molar-refractivity contribution in [3.05, 3.63) is 36.7 Å². The molecule has 15 heavy (non-hydrogen) atoms. The average molecular weight is 208 g/mol. The van der Waals surface area contributed by atoms with Gasteiger partial charge in [0.05, 0.1) is 11.0 Å². The van der Waals surface area contributed by atoms with Crippen LogP contribution in [-0.2, 0) is 4.79 Å². The van der Waals surface area contributed by atoms with Gasteiger partial charge in [0.2, 0.25) is 6.41 Å². The fourth-order valence-corrected chi connectivity index (χ4v) is 0.910. The van der Waals surface area contributed by atoms with Gasteiger partial charge in [-0.1, -0.05) is 12.1 Å². The van der Waals surface area contributed by atoms with Gasteiger partial charge < -0.3 is 5.48 Å². The van der Waals surface area contributed by atoms with Gasteiger partial charge in [0, 0.05) is 12.4 Å². The van der Waals surface area contributed by atoms with Crippen LogP contribution in [0.15, 0.2) is 36.7 Å². The van der Waals surface area contributed by atoms with Crippen molar-refractivity contribution in [2.75, 3.05) is 0 Å². The second kappa shape index (κ2) is 7.36. The van der Waals surface area contributed by atoms with Crippen LogP contribution < -0.4 is 11.3 Å². The minimum Gasteiger partial charge on any atom is -0.412 e. The van der Waals surface area contributed by atoms with E-state index in [2.05, 4.69) is 15.8 Å². The number of para-hydroxylation sites is 2. The van der Waals surface area contributed by atoms with E-state index in [0.717, 1.165) is 11.0 Å². The Balaban J connectivity index is 0.000000346. The Labute approximate surface area is 86.4 Å². The van der Waals surface area contributed by atoms with Gasteiger partial charge in [-0.25, -0.2) is 5.84 Å². The van der Waals surface area contributed by atoms with E-state index in [9.17, 15) is 0 Å². The predicted molar refractivity (Wildman–Crippen MR) is 56.5 cm³/mol. The number of rotatable bonds is 1. The first kappa shape index (κ1) is 12.9. The van der Waals surface area contributed by atoms with Crippen LogP contribution in [0.4, 0.5) is 0 Å². The summed E-state index contributed by atoms with van der Waals surface area (Å²) in [7, 11) is 0. The van der Waals surface area contributed by atoms with Crippen molar-refractivity contribution in [3.8, 4) is 0 Å². The van der Waals surface area contributed by atoms with Crippen molar-refractivity contribution in [1.82, 2.24) is 15.4 Å². The molecule has 1 heterocycles. The first-order valence-electron chi connectivity index (χ1n) is 3.94. The molecule has 6 heteroatoms. The molecule has 0 spiro atoms. The zero-order valence-corrected chi connectivity index (χ0v) is 7.92. The Kier molecular flexibility index (Phi) is 6.36. The first-order valence-corrected chi connectivity index (χ1v) is 3.94. The van der Waals surface area contributed by atoms with E-state index in [1.165, 1.54) is 0 Å². The molecule has 1 aromatic carbocycles. The molecule has 0 fully saturated rings. The fourth-order valence-electron chi connectivity index (χ4n) is 0.910. The Hall–Kier alpha value is -2.05. The smallest absolute Gasteiger partial charge is 0.221 e.